The average Bonchev–Trinajstić information content (AvgIpc) is 2.97. The first-order valence-corrected chi connectivity index (χ1v) is 13.9. The van der Waals surface area contributed by atoms with Gasteiger partial charge in [0, 0.05) is 35.8 Å². The van der Waals surface area contributed by atoms with Crippen LogP contribution in [0.4, 0.5) is 11.4 Å². The van der Waals surface area contributed by atoms with Crippen LogP contribution in [-0.2, 0) is 33.6 Å². The maximum absolute atomic E-state index is 13.5. The van der Waals surface area contributed by atoms with Crippen LogP contribution in [0.25, 0.3) is 0 Å². The lowest BCUT2D eigenvalue weighted by atomic mass is 9.91. The van der Waals surface area contributed by atoms with Crippen molar-refractivity contribution in [3.8, 4) is 6.19 Å². The Kier molecular flexibility index (Phi) is 10.3. The van der Waals surface area contributed by atoms with Crippen molar-refractivity contribution in [2.45, 2.75) is 37.8 Å². The van der Waals surface area contributed by atoms with Gasteiger partial charge in [0.25, 0.3) is 0 Å². The number of likely N-dealkylation sites (N-methyl/N-ethyl adjacent to an activating group) is 1. The van der Waals surface area contributed by atoms with Crippen LogP contribution in [0.1, 0.15) is 34.7 Å². The number of amides is 1. The third-order valence-corrected chi connectivity index (χ3v) is 7.35. The molecule has 3 aromatic carbocycles. The molecule has 3 aromatic rings. The molecule has 0 aromatic heterocycles. The minimum atomic E-state index is -1.15. The third-order valence-electron chi connectivity index (χ3n) is 7.10. The summed E-state index contributed by atoms with van der Waals surface area (Å²) in [6.07, 6.45) is 2.91. The summed E-state index contributed by atoms with van der Waals surface area (Å²) in [5.74, 6) is -2.25. The highest BCUT2D eigenvalue weighted by molar-refractivity contribution is 6.30. The summed E-state index contributed by atoms with van der Waals surface area (Å²) in [5, 5.41) is 37.3. The highest BCUT2D eigenvalue weighted by atomic mass is 35.5. The van der Waals surface area contributed by atoms with Crippen molar-refractivity contribution < 1.29 is 24.6 Å². The van der Waals surface area contributed by atoms with Gasteiger partial charge < -0.3 is 26.2 Å². The first-order chi connectivity index (χ1) is 20.6. The number of nitrogens with one attached hydrogen (secondary N) is 3. The molecular formula is C31H31ClN6O5. The summed E-state index contributed by atoms with van der Waals surface area (Å²) in [4.78, 5) is 42.1. The Morgan fingerprint density at radius 1 is 1.02 bits per heavy atom. The van der Waals surface area contributed by atoms with Gasteiger partial charge in [0.05, 0.1) is 0 Å². The first kappa shape index (κ1) is 31.0. The van der Waals surface area contributed by atoms with Gasteiger partial charge in [-0.05, 0) is 78.5 Å². The SMILES string of the molecule is CN1CCc2cc(NC(=NC#N)Nc3ccc(Cl)cc3)ccc2C1C(=O)NC(Cc1ccc(CCC(=O)O)cc1)C(=O)O. The average molecular weight is 603 g/mol. The molecule has 1 aliphatic heterocycles. The molecule has 0 bridgehead atoms. The molecule has 11 nitrogen and oxygen atoms in total. The van der Waals surface area contributed by atoms with E-state index in [1.165, 1.54) is 0 Å². The van der Waals surface area contributed by atoms with Gasteiger partial charge >= 0.3 is 11.9 Å². The monoisotopic (exact) mass is 602 g/mol. The van der Waals surface area contributed by atoms with Crippen molar-refractivity contribution in [1.29, 1.82) is 5.26 Å². The molecule has 0 fully saturated rings. The lowest BCUT2D eigenvalue weighted by Gasteiger charge is -2.34. The number of benzene rings is 3. The quantitative estimate of drug-likeness (QED) is 0.131. The molecule has 222 valence electrons. The Balaban J connectivity index is 1.46. The van der Waals surface area contributed by atoms with E-state index in [4.69, 9.17) is 22.0 Å². The molecule has 1 amide bonds. The summed E-state index contributed by atoms with van der Waals surface area (Å²) >= 11 is 5.95. The maximum atomic E-state index is 13.5. The van der Waals surface area contributed by atoms with E-state index in [-0.39, 0.29) is 18.8 Å². The second-order valence-electron chi connectivity index (χ2n) is 10.2. The number of rotatable bonds is 10. The number of hydrogen-bond acceptors (Lipinski definition) is 6. The Morgan fingerprint density at radius 2 is 1.67 bits per heavy atom. The highest BCUT2D eigenvalue weighted by Crippen LogP contribution is 2.31. The number of aliphatic carboxylic acids is 2. The molecule has 2 atom stereocenters. The number of carbonyl (C=O) groups excluding carboxylic acids is 1. The van der Waals surface area contributed by atoms with Gasteiger partial charge in [-0.15, -0.1) is 4.99 Å². The molecule has 0 saturated carbocycles. The van der Waals surface area contributed by atoms with Crippen LogP contribution in [0.15, 0.2) is 71.7 Å². The van der Waals surface area contributed by atoms with Gasteiger partial charge in [0.2, 0.25) is 18.1 Å². The lowest BCUT2D eigenvalue weighted by molar-refractivity contribution is -0.142. The third kappa shape index (κ3) is 8.54. The molecule has 0 radical (unpaired) electrons. The molecule has 0 spiro atoms. The van der Waals surface area contributed by atoms with Crippen LogP contribution in [0.3, 0.4) is 0 Å². The minimum absolute atomic E-state index is 0.00993. The number of aliphatic imine (C=N–C) groups is 1. The van der Waals surface area contributed by atoms with Crippen LogP contribution in [0.2, 0.25) is 5.02 Å². The summed E-state index contributed by atoms with van der Waals surface area (Å²) in [7, 11) is 1.82. The standard InChI is InChI=1S/C31H31ClN6O5/c1-38-15-14-21-17-24(36-31(34-18-33)35-23-9-7-22(32)8-10-23)11-12-25(21)28(38)29(41)37-26(30(42)43)16-20-4-2-19(3-5-20)6-13-27(39)40/h2-5,7-12,17,26,28H,6,13-16H2,1H3,(H,37,41)(H,39,40)(H,42,43)(H2,34,35,36). The number of guanidine groups is 1. The summed E-state index contributed by atoms with van der Waals surface area (Å²) < 4.78 is 0. The molecule has 0 saturated heterocycles. The Bertz CT molecular complexity index is 1550. The zero-order valence-electron chi connectivity index (χ0n) is 23.4. The summed E-state index contributed by atoms with van der Waals surface area (Å²) in [5.41, 5.74) is 4.56. The van der Waals surface area contributed by atoms with Crippen molar-refractivity contribution >= 4 is 46.8 Å². The number of nitrogens with zero attached hydrogens (tertiary/aromatic N) is 3. The molecule has 2 unspecified atom stereocenters. The zero-order chi connectivity index (χ0) is 30.9. The van der Waals surface area contributed by atoms with Crippen molar-refractivity contribution in [3.63, 3.8) is 0 Å². The molecule has 12 heteroatoms. The van der Waals surface area contributed by atoms with Gasteiger partial charge in [0.1, 0.15) is 12.1 Å². The van der Waals surface area contributed by atoms with Crippen LogP contribution < -0.4 is 16.0 Å². The number of hydrogen-bond donors (Lipinski definition) is 5. The number of anilines is 2. The fourth-order valence-corrected chi connectivity index (χ4v) is 5.02. The number of fused-ring (bicyclic) bond motifs is 1. The van der Waals surface area contributed by atoms with E-state index in [2.05, 4.69) is 20.9 Å². The number of halogens is 1. The molecule has 43 heavy (non-hydrogen) atoms. The fraction of sp³-hybridized carbons (Fsp3) is 0.258. The number of nitriles is 1. The van der Waals surface area contributed by atoms with Crippen molar-refractivity contribution in [2.24, 2.45) is 4.99 Å². The van der Waals surface area contributed by atoms with Gasteiger partial charge in [-0.1, -0.05) is 41.9 Å². The second-order valence-corrected chi connectivity index (χ2v) is 10.6. The normalized spacial score (nSPS) is 15.5. The smallest absolute Gasteiger partial charge is 0.326 e. The largest absolute Gasteiger partial charge is 0.481 e. The summed E-state index contributed by atoms with van der Waals surface area (Å²) in [6.45, 7) is 0.576. The topological polar surface area (TPSA) is 167 Å². The number of aryl methyl sites for hydroxylation is 1. The van der Waals surface area contributed by atoms with Crippen LogP contribution >= 0.6 is 11.6 Å². The molecule has 1 aliphatic rings. The van der Waals surface area contributed by atoms with E-state index < -0.39 is 29.9 Å². The van der Waals surface area contributed by atoms with E-state index in [9.17, 15) is 19.5 Å². The van der Waals surface area contributed by atoms with Gasteiger partial charge in [0.15, 0.2) is 0 Å². The second kappa shape index (κ2) is 14.3. The maximum Gasteiger partial charge on any atom is 0.326 e. The molecule has 5 N–H and O–H groups in total. The molecule has 0 aliphatic carbocycles. The molecule has 1 heterocycles. The zero-order valence-corrected chi connectivity index (χ0v) is 24.1. The van der Waals surface area contributed by atoms with E-state index in [0.717, 1.165) is 16.7 Å². The predicted octanol–water partition coefficient (Wildman–Crippen LogP) is 4.06. The fourth-order valence-electron chi connectivity index (χ4n) is 4.90. The molecule has 4 rings (SSSR count). The van der Waals surface area contributed by atoms with Gasteiger partial charge in [-0.2, -0.15) is 5.26 Å². The van der Waals surface area contributed by atoms with Crippen LogP contribution in [-0.4, -0.2) is 58.6 Å². The number of carboxylic acids is 2. The Morgan fingerprint density at radius 3 is 2.33 bits per heavy atom. The highest BCUT2D eigenvalue weighted by Gasteiger charge is 2.33. The van der Waals surface area contributed by atoms with E-state index in [0.29, 0.717) is 41.3 Å². The van der Waals surface area contributed by atoms with E-state index in [1.54, 1.807) is 60.8 Å². The van der Waals surface area contributed by atoms with Gasteiger partial charge in [-0.3, -0.25) is 14.5 Å². The first-order valence-electron chi connectivity index (χ1n) is 13.5. The summed E-state index contributed by atoms with van der Waals surface area (Å²) in [6, 6.07) is 17.6. The predicted molar refractivity (Wildman–Crippen MR) is 163 cm³/mol. The van der Waals surface area contributed by atoms with Crippen molar-refractivity contribution in [2.75, 3.05) is 24.2 Å². The van der Waals surface area contributed by atoms with Crippen molar-refractivity contribution in [1.82, 2.24) is 10.2 Å². The number of carbonyl (C=O) groups is 3. The lowest BCUT2D eigenvalue weighted by Crippen LogP contribution is -2.49. The van der Waals surface area contributed by atoms with Gasteiger partial charge in [-0.25, -0.2) is 4.79 Å². The minimum Gasteiger partial charge on any atom is -0.481 e. The Hall–Kier alpha value is -4.92. The molecular weight excluding hydrogens is 572 g/mol. The van der Waals surface area contributed by atoms with E-state index >= 15 is 0 Å². The Labute approximate surface area is 253 Å². The van der Waals surface area contributed by atoms with Crippen LogP contribution in [0, 0.1) is 11.5 Å². The van der Waals surface area contributed by atoms with E-state index in [1.807, 2.05) is 24.1 Å². The van der Waals surface area contributed by atoms with Crippen molar-refractivity contribution in [3.05, 3.63) is 94.0 Å². The van der Waals surface area contributed by atoms with Crippen LogP contribution in [0.5, 0.6) is 0 Å². The number of carboxylic acid groups (broad SMARTS) is 2.